The van der Waals surface area contributed by atoms with Gasteiger partial charge in [-0.15, -0.1) is 0 Å². The lowest BCUT2D eigenvalue weighted by Gasteiger charge is -2.23. The minimum atomic E-state index is -0.571. The Balaban J connectivity index is 1.76. The number of hydrogen-bond acceptors (Lipinski definition) is 4. The van der Waals surface area contributed by atoms with Gasteiger partial charge in [-0.3, -0.25) is 4.79 Å². The van der Waals surface area contributed by atoms with E-state index in [1.807, 2.05) is 61.5 Å². The summed E-state index contributed by atoms with van der Waals surface area (Å²) in [6.07, 6.45) is 1.42. The van der Waals surface area contributed by atoms with Crippen LogP contribution in [0, 0.1) is 13.8 Å². The summed E-state index contributed by atoms with van der Waals surface area (Å²) in [7, 11) is 0. The molecule has 0 aliphatic carbocycles. The molecule has 2 aromatic carbocycles. The highest BCUT2D eigenvalue weighted by molar-refractivity contribution is 5.97. The number of rotatable bonds is 6. The Morgan fingerprint density at radius 1 is 1.00 bits per heavy atom. The summed E-state index contributed by atoms with van der Waals surface area (Å²) in [5.41, 5.74) is 3.13. The minimum Gasteiger partial charge on any atom is -0.469 e. The van der Waals surface area contributed by atoms with Gasteiger partial charge in [0.2, 0.25) is 0 Å². The Hall–Kier alpha value is -3.34. The summed E-state index contributed by atoms with van der Waals surface area (Å²) in [4.78, 5) is 26.6. The van der Waals surface area contributed by atoms with Crippen molar-refractivity contribution < 1.29 is 18.7 Å². The number of carbonyl (C=O) groups excluding carboxylic acids is 2. The zero-order valence-electron chi connectivity index (χ0n) is 15.3. The van der Waals surface area contributed by atoms with Crippen LogP contribution in [0.2, 0.25) is 0 Å². The van der Waals surface area contributed by atoms with Crippen LogP contribution in [0.5, 0.6) is 0 Å². The first-order chi connectivity index (χ1) is 13.0. The van der Waals surface area contributed by atoms with E-state index in [2.05, 4.69) is 0 Å². The minimum absolute atomic E-state index is 0.293. The molecule has 5 nitrogen and oxygen atoms in total. The Labute approximate surface area is 158 Å². The third kappa shape index (κ3) is 4.64. The van der Waals surface area contributed by atoms with Gasteiger partial charge >= 0.3 is 5.97 Å². The summed E-state index contributed by atoms with van der Waals surface area (Å²) in [5, 5.41) is 0. The fourth-order valence-electron chi connectivity index (χ4n) is 2.76. The van der Waals surface area contributed by atoms with Crippen molar-refractivity contribution in [3.8, 4) is 0 Å². The zero-order chi connectivity index (χ0) is 19.2. The standard InChI is InChI=1S/C22H21NO4/c1-16-7-6-10-19(13-16)23(14-18-8-4-3-5-9-18)21(24)15-27-22(25)20-11-12-26-17(20)2/h3-13H,14-15H2,1-2H3. The Morgan fingerprint density at radius 2 is 1.78 bits per heavy atom. The number of aryl methyl sites for hydroxylation is 2. The molecule has 0 saturated heterocycles. The molecule has 3 aromatic rings. The number of anilines is 1. The average Bonchev–Trinajstić information content (AvgIpc) is 3.11. The molecule has 1 aromatic heterocycles. The van der Waals surface area contributed by atoms with E-state index >= 15 is 0 Å². The van der Waals surface area contributed by atoms with Gasteiger partial charge in [-0.1, -0.05) is 42.5 Å². The van der Waals surface area contributed by atoms with Crippen molar-refractivity contribution in [3.63, 3.8) is 0 Å². The Kier molecular flexibility index (Phi) is 5.71. The molecule has 0 fully saturated rings. The van der Waals surface area contributed by atoms with E-state index in [-0.39, 0.29) is 12.5 Å². The number of carbonyl (C=O) groups is 2. The van der Waals surface area contributed by atoms with Crippen LogP contribution in [0.3, 0.4) is 0 Å². The van der Waals surface area contributed by atoms with Gasteiger partial charge in [0.15, 0.2) is 6.61 Å². The number of esters is 1. The SMILES string of the molecule is Cc1cccc(N(Cc2ccccc2)C(=O)COC(=O)c2ccoc2C)c1. The van der Waals surface area contributed by atoms with Gasteiger partial charge < -0.3 is 14.1 Å². The van der Waals surface area contributed by atoms with Crippen LogP contribution >= 0.6 is 0 Å². The van der Waals surface area contributed by atoms with E-state index < -0.39 is 5.97 Å². The first kappa shape index (κ1) is 18.5. The molecule has 0 unspecified atom stereocenters. The predicted octanol–water partition coefficient (Wildman–Crippen LogP) is 4.29. The van der Waals surface area contributed by atoms with Crippen molar-refractivity contribution in [3.05, 3.63) is 89.4 Å². The molecule has 0 aliphatic heterocycles. The van der Waals surface area contributed by atoms with E-state index in [0.717, 1.165) is 16.8 Å². The van der Waals surface area contributed by atoms with Gasteiger partial charge in [0, 0.05) is 5.69 Å². The highest BCUT2D eigenvalue weighted by Gasteiger charge is 2.20. The van der Waals surface area contributed by atoms with Gasteiger partial charge in [-0.2, -0.15) is 0 Å². The Morgan fingerprint density at radius 3 is 2.44 bits per heavy atom. The van der Waals surface area contributed by atoms with E-state index in [1.54, 1.807) is 11.8 Å². The summed E-state index contributed by atoms with van der Waals surface area (Å²) >= 11 is 0. The lowest BCUT2D eigenvalue weighted by Crippen LogP contribution is -2.34. The van der Waals surface area contributed by atoms with Crippen molar-refractivity contribution >= 4 is 17.6 Å². The maximum absolute atomic E-state index is 12.8. The zero-order valence-corrected chi connectivity index (χ0v) is 15.3. The van der Waals surface area contributed by atoms with Crippen LogP contribution in [-0.2, 0) is 16.1 Å². The average molecular weight is 363 g/mol. The molecule has 0 aliphatic rings. The van der Waals surface area contributed by atoms with Gasteiger partial charge in [0.1, 0.15) is 11.3 Å². The monoisotopic (exact) mass is 363 g/mol. The number of hydrogen-bond donors (Lipinski definition) is 0. The number of ether oxygens (including phenoxy) is 1. The second kappa shape index (κ2) is 8.36. The molecule has 0 radical (unpaired) electrons. The molecule has 3 rings (SSSR count). The Bertz CT molecular complexity index is 930. The van der Waals surface area contributed by atoms with Crippen LogP contribution in [0.4, 0.5) is 5.69 Å². The van der Waals surface area contributed by atoms with Crippen molar-refractivity contribution in [2.75, 3.05) is 11.5 Å². The maximum atomic E-state index is 12.8. The molecule has 1 heterocycles. The number of amides is 1. The molecular weight excluding hydrogens is 342 g/mol. The van der Waals surface area contributed by atoms with Crippen LogP contribution in [-0.4, -0.2) is 18.5 Å². The van der Waals surface area contributed by atoms with E-state index in [4.69, 9.17) is 9.15 Å². The highest BCUT2D eigenvalue weighted by atomic mass is 16.5. The molecule has 27 heavy (non-hydrogen) atoms. The van der Waals surface area contributed by atoms with Crippen molar-refractivity contribution in [1.82, 2.24) is 0 Å². The molecule has 0 atom stereocenters. The molecule has 0 saturated carbocycles. The lowest BCUT2D eigenvalue weighted by molar-refractivity contribution is -0.121. The molecule has 0 N–H and O–H groups in total. The van der Waals surface area contributed by atoms with E-state index in [9.17, 15) is 9.59 Å². The molecule has 138 valence electrons. The maximum Gasteiger partial charge on any atom is 0.342 e. The molecule has 0 bridgehead atoms. The highest BCUT2D eigenvalue weighted by Crippen LogP contribution is 2.19. The van der Waals surface area contributed by atoms with Gasteiger partial charge in [0.25, 0.3) is 5.91 Å². The molecule has 1 amide bonds. The third-order valence-electron chi connectivity index (χ3n) is 4.20. The van der Waals surface area contributed by atoms with Crippen LogP contribution < -0.4 is 4.90 Å². The topological polar surface area (TPSA) is 59.8 Å². The van der Waals surface area contributed by atoms with Gasteiger partial charge in [-0.25, -0.2) is 4.79 Å². The molecular formula is C22H21NO4. The second-order valence-electron chi connectivity index (χ2n) is 6.27. The van der Waals surface area contributed by atoms with E-state index in [0.29, 0.717) is 17.9 Å². The second-order valence-corrected chi connectivity index (χ2v) is 6.27. The first-order valence-electron chi connectivity index (χ1n) is 8.67. The predicted molar refractivity (Wildman–Crippen MR) is 103 cm³/mol. The number of benzene rings is 2. The quantitative estimate of drug-likeness (QED) is 0.613. The van der Waals surface area contributed by atoms with Crippen molar-refractivity contribution in [2.45, 2.75) is 20.4 Å². The summed E-state index contributed by atoms with van der Waals surface area (Å²) in [6, 6.07) is 18.9. The van der Waals surface area contributed by atoms with Crippen molar-refractivity contribution in [2.24, 2.45) is 0 Å². The lowest BCUT2D eigenvalue weighted by atomic mass is 10.1. The van der Waals surface area contributed by atoms with Crippen molar-refractivity contribution in [1.29, 1.82) is 0 Å². The first-order valence-corrected chi connectivity index (χ1v) is 8.67. The fourth-order valence-corrected chi connectivity index (χ4v) is 2.76. The van der Waals surface area contributed by atoms with Crippen LogP contribution in [0.15, 0.2) is 71.3 Å². The molecule has 5 heteroatoms. The number of furan rings is 1. The van der Waals surface area contributed by atoms with E-state index in [1.165, 1.54) is 12.3 Å². The molecule has 0 spiro atoms. The van der Waals surface area contributed by atoms with Gasteiger partial charge in [0.05, 0.1) is 12.8 Å². The third-order valence-corrected chi connectivity index (χ3v) is 4.20. The van der Waals surface area contributed by atoms with Crippen LogP contribution in [0.1, 0.15) is 27.2 Å². The number of nitrogens with zero attached hydrogens (tertiary/aromatic N) is 1. The van der Waals surface area contributed by atoms with Crippen LogP contribution in [0.25, 0.3) is 0 Å². The fraction of sp³-hybridized carbons (Fsp3) is 0.182. The normalized spacial score (nSPS) is 10.4. The summed E-state index contributed by atoms with van der Waals surface area (Å²) in [5.74, 6) is -0.398. The summed E-state index contributed by atoms with van der Waals surface area (Å²) in [6.45, 7) is 3.69. The smallest absolute Gasteiger partial charge is 0.342 e. The largest absolute Gasteiger partial charge is 0.469 e. The summed E-state index contributed by atoms with van der Waals surface area (Å²) < 4.78 is 10.3. The van der Waals surface area contributed by atoms with Gasteiger partial charge in [-0.05, 0) is 43.2 Å².